The topological polar surface area (TPSA) is 161 Å². The van der Waals surface area contributed by atoms with Crippen LogP contribution in [0.4, 0.5) is 0 Å². The van der Waals surface area contributed by atoms with E-state index in [1.165, 1.54) is 0 Å². The molecule has 0 atom stereocenters. The molecule has 0 spiro atoms. The van der Waals surface area contributed by atoms with Gasteiger partial charge in [0, 0.05) is 12.8 Å². The number of carbonyl (C=O) groups is 4. The Hall–Kier alpha value is -1.80. The smallest absolute Gasteiger partial charge is 0.372 e. The van der Waals surface area contributed by atoms with E-state index in [1.807, 2.05) is 0 Å². The van der Waals surface area contributed by atoms with Crippen LogP contribution in [0.2, 0.25) is 0 Å². The molecule has 0 aliphatic carbocycles. The molecule has 0 aromatic rings. The second-order valence-electron chi connectivity index (χ2n) is 3.95. The Balaban J connectivity index is 0. The second-order valence-corrected chi connectivity index (χ2v) is 3.95. The number of nitrogens with two attached hydrogens (primary N) is 2. The van der Waals surface area contributed by atoms with E-state index in [0.29, 0.717) is 38.8 Å². The van der Waals surface area contributed by atoms with E-state index in [9.17, 15) is 19.2 Å². The van der Waals surface area contributed by atoms with E-state index >= 15 is 0 Å². The summed E-state index contributed by atoms with van der Waals surface area (Å²) in [4.78, 5) is 40.6. The van der Waals surface area contributed by atoms with E-state index in [4.69, 9.17) is 21.7 Å². The lowest BCUT2D eigenvalue weighted by Gasteiger charge is -1.92. The molecule has 0 rings (SSSR count). The maximum Gasteiger partial charge on any atom is 0.372 e. The van der Waals surface area contributed by atoms with Gasteiger partial charge in [-0.2, -0.15) is 0 Å². The van der Waals surface area contributed by atoms with Crippen molar-refractivity contribution in [3.8, 4) is 0 Å². The summed E-state index contributed by atoms with van der Waals surface area (Å²) in [6.45, 7) is 1.01. The monoisotopic (exact) mass is 290 g/mol. The summed E-state index contributed by atoms with van der Waals surface area (Å²) in [6, 6.07) is 0. The first-order chi connectivity index (χ1) is 9.36. The lowest BCUT2D eigenvalue weighted by atomic mass is 10.2. The van der Waals surface area contributed by atoms with Crippen LogP contribution in [0.15, 0.2) is 0 Å². The van der Waals surface area contributed by atoms with Crippen LogP contribution in [0.25, 0.3) is 0 Å². The predicted molar refractivity (Wildman–Crippen MR) is 71.1 cm³/mol. The van der Waals surface area contributed by atoms with Gasteiger partial charge in [0.1, 0.15) is 0 Å². The molecule has 0 unspecified atom stereocenters. The number of hydrogen-bond donors (Lipinski definition) is 4. The zero-order chi connectivity index (χ0) is 16.0. The molecule has 8 nitrogen and oxygen atoms in total. The average Bonchev–Trinajstić information content (AvgIpc) is 2.39. The average molecular weight is 290 g/mol. The van der Waals surface area contributed by atoms with Crippen molar-refractivity contribution < 1.29 is 29.4 Å². The molecule has 0 amide bonds. The van der Waals surface area contributed by atoms with Crippen molar-refractivity contribution in [1.29, 1.82) is 0 Å². The van der Waals surface area contributed by atoms with Crippen LogP contribution >= 0.6 is 0 Å². The highest BCUT2D eigenvalue weighted by Gasteiger charge is 2.09. The van der Waals surface area contributed by atoms with Crippen molar-refractivity contribution in [3.63, 3.8) is 0 Å². The van der Waals surface area contributed by atoms with Crippen LogP contribution in [-0.4, -0.2) is 46.8 Å². The lowest BCUT2D eigenvalue weighted by Crippen LogP contribution is -2.12. The normalized spacial score (nSPS) is 9.30. The number of hydrogen-bond acceptors (Lipinski definition) is 6. The van der Waals surface area contributed by atoms with Crippen LogP contribution < -0.4 is 11.5 Å². The van der Waals surface area contributed by atoms with Crippen molar-refractivity contribution in [2.24, 2.45) is 11.5 Å². The fourth-order valence-corrected chi connectivity index (χ4v) is 1.07. The number of unbranched alkanes of at least 4 members (excludes halogenated alkanes) is 2. The van der Waals surface area contributed by atoms with E-state index in [-0.39, 0.29) is 12.8 Å². The van der Waals surface area contributed by atoms with Gasteiger partial charge in [0.15, 0.2) is 0 Å². The minimum atomic E-state index is -1.35. The first-order valence-electron chi connectivity index (χ1n) is 6.29. The predicted octanol–water partition coefficient (Wildman–Crippen LogP) is -0.462. The van der Waals surface area contributed by atoms with Crippen molar-refractivity contribution in [3.05, 3.63) is 0 Å². The summed E-state index contributed by atoms with van der Waals surface area (Å²) in [6.07, 6.45) is 2.76. The van der Waals surface area contributed by atoms with Gasteiger partial charge in [0.25, 0.3) is 0 Å². The van der Waals surface area contributed by atoms with E-state index in [2.05, 4.69) is 0 Å². The minimum absolute atomic E-state index is 0.104. The molecule has 116 valence electrons. The van der Waals surface area contributed by atoms with Crippen LogP contribution in [0.3, 0.4) is 0 Å². The van der Waals surface area contributed by atoms with E-state index in [0.717, 1.165) is 0 Å². The molecular formula is C12H22N2O6. The molecule has 6 N–H and O–H groups in total. The standard InChI is InChI=1S/2C6H11NO3/c2*7-4-2-1-3-5(8)6(9)10/h2*1-4,7H2,(H,9,10). The lowest BCUT2D eigenvalue weighted by molar-refractivity contribution is -0.149. The Kier molecular flexibility index (Phi) is 14.0. The highest BCUT2D eigenvalue weighted by Crippen LogP contribution is 1.94. The number of ketones is 2. The molecule has 0 aliphatic rings. The Labute approximate surface area is 117 Å². The van der Waals surface area contributed by atoms with Crippen molar-refractivity contribution in [2.75, 3.05) is 13.1 Å². The summed E-state index contributed by atoms with van der Waals surface area (Å²) < 4.78 is 0. The quantitative estimate of drug-likeness (QED) is 0.310. The Bertz CT molecular complexity index is 298. The Morgan fingerprint density at radius 3 is 1.15 bits per heavy atom. The zero-order valence-corrected chi connectivity index (χ0v) is 11.3. The molecule has 0 aromatic carbocycles. The molecule has 0 heterocycles. The van der Waals surface area contributed by atoms with Gasteiger partial charge < -0.3 is 21.7 Å². The number of carboxylic acids is 2. The van der Waals surface area contributed by atoms with Gasteiger partial charge in [-0.25, -0.2) is 9.59 Å². The molecule has 0 aliphatic heterocycles. The van der Waals surface area contributed by atoms with Gasteiger partial charge in [0.2, 0.25) is 11.6 Å². The molecular weight excluding hydrogens is 268 g/mol. The van der Waals surface area contributed by atoms with E-state index < -0.39 is 23.5 Å². The number of rotatable bonds is 10. The van der Waals surface area contributed by atoms with Crippen molar-refractivity contribution in [1.82, 2.24) is 0 Å². The third-order valence-corrected chi connectivity index (χ3v) is 2.19. The zero-order valence-electron chi connectivity index (χ0n) is 11.3. The minimum Gasteiger partial charge on any atom is -0.476 e. The number of Topliss-reactive ketones (excluding diaryl/α,β-unsaturated/α-hetero) is 2. The molecule has 8 heteroatoms. The van der Waals surface area contributed by atoms with Crippen molar-refractivity contribution >= 4 is 23.5 Å². The van der Waals surface area contributed by atoms with Gasteiger partial charge in [0.05, 0.1) is 0 Å². The number of carboxylic acid groups (broad SMARTS) is 2. The highest BCUT2D eigenvalue weighted by atomic mass is 16.4. The number of carbonyl (C=O) groups excluding carboxylic acids is 2. The fourth-order valence-electron chi connectivity index (χ4n) is 1.07. The maximum atomic E-state index is 10.4. The van der Waals surface area contributed by atoms with Gasteiger partial charge in [-0.05, 0) is 38.8 Å². The first-order valence-corrected chi connectivity index (χ1v) is 6.29. The fraction of sp³-hybridized carbons (Fsp3) is 0.667. The number of aliphatic carboxylic acids is 2. The molecule has 0 fully saturated rings. The van der Waals surface area contributed by atoms with Crippen molar-refractivity contribution in [2.45, 2.75) is 38.5 Å². The summed E-state index contributed by atoms with van der Waals surface area (Å²) in [7, 11) is 0. The van der Waals surface area contributed by atoms with Gasteiger partial charge >= 0.3 is 11.9 Å². The van der Waals surface area contributed by atoms with Crippen LogP contribution in [0.5, 0.6) is 0 Å². The molecule has 0 saturated carbocycles. The van der Waals surface area contributed by atoms with Gasteiger partial charge in [-0.3, -0.25) is 9.59 Å². The molecule has 0 aromatic heterocycles. The van der Waals surface area contributed by atoms with Crippen LogP contribution in [-0.2, 0) is 19.2 Å². The summed E-state index contributed by atoms with van der Waals surface area (Å²) >= 11 is 0. The largest absolute Gasteiger partial charge is 0.476 e. The third kappa shape index (κ3) is 14.3. The Morgan fingerprint density at radius 1 is 0.650 bits per heavy atom. The summed E-state index contributed by atoms with van der Waals surface area (Å²) in [5.74, 6) is -4.16. The van der Waals surface area contributed by atoms with Gasteiger partial charge in [-0.15, -0.1) is 0 Å². The molecule has 0 saturated heterocycles. The third-order valence-electron chi connectivity index (χ3n) is 2.19. The molecule has 0 radical (unpaired) electrons. The summed E-state index contributed by atoms with van der Waals surface area (Å²) in [5.41, 5.74) is 10.3. The highest BCUT2D eigenvalue weighted by molar-refractivity contribution is 6.32. The van der Waals surface area contributed by atoms with E-state index in [1.54, 1.807) is 0 Å². The van der Waals surface area contributed by atoms with Gasteiger partial charge in [-0.1, -0.05) is 0 Å². The Morgan fingerprint density at radius 2 is 0.950 bits per heavy atom. The summed E-state index contributed by atoms with van der Waals surface area (Å²) in [5, 5.41) is 16.2. The molecule has 0 bridgehead atoms. The molecule has 20 heavy (non-hydrogen) atoms. The first kappa shape index (κ1) is 20.5. The van der Waals surface area contributed by atoms with Crippen LogP contribution in [0.1, 0.15) is 38.5 Å². The SMILES string of the molecule is NCCCCC(=O)C(=O)O.NCCCCC(=O)C(=O)O. The second kappa shape index (κ2) is 13.6. The maximum absolute atomic E-state index is 10.4. The van der Waals surface area contributed by atoms with Crippen LogP contribution in [0, 0.1) is 0 Å².